The summed E-state index contributed by atoms with van der Waals surface area (Å²) in [6.45, 7) is 3.76. The Balaban J connectivity index is 1.68. The summed E-state index contributed by atoms with van der Waals surface area (Å²) in [5.41, 5.74) is 1.00. The van der Waals surface area contributed by atoms with Crippen molar-refractivity contribution in [1.29, 1.82) is 0 Å². The van der Waals surface area contributed by atoms with Crippen LogP contribution in [0.5, 0.6) is 5.75 Å². The number of rotatable bonds is 8. The van der Waals surface area contributed by atoms with Gasteiger partial charge in [-0.05, 0) is 25.0 Å². The fourth-order valence-corrected chi connectivity index (χ4v) is 1.96. The third-order valence-corrected chi connectivity index (χ3v) is 3.05. The van der Waals surface area contributed by atoms with Gasteiger partial charge in [-0.1, -0.05) is 0 Å². The van der Waals surface area contributed by atoms with Crippen LogP contribution in [0, 0.1) is 0 Å². The maximum atomic E-state index is 5.66. The van der Waals surface area contributed by atoms with E-state index in [1.54, 1.807) is 13.3 Å². The average molecular weight is 266 g/mol. The van der Waals surface area contributed by atoms with Gasteiger partial charge < -0.3 is 19.5 Å². The van der Waals surface area contributed by atoms with E-state index in [-0.39, 0.29) is 6.10 Å². The molecule has 0 spiro atoms. The average Bonchev–Trinajstić information content (AvgIpc) is 2.96. The molecule has 0 amide bonds. The van der Waals surface area contributed by atoms with Gasteiger partial charge in [0.2, 0.25) is 0 Å². The molecule has 1 aliphatic heterocycles. The van der Waals surface area contributed by atoms with Crippen molar-refractivity contribution in [3.05, 3.63) is 24.0 Å². The molecule has 5 heteroatoms. The minimum atomic E-state index is 0.246. The van der Waals surface area contributed by atoms with E-state index < -0.39 is 0 Å². The smallest absolute Gasteiger partial charge is 0.137 e. The lowest BCUT2D eigenvalue weighted by molar-refractivity contribution is 0.0678. The highest BCUT2D eigenvalue weighted by atomic mass is 16.5. The first kappa shape index (κ1) is 14.2. The monoisotopic (exact) mass is 266 g/mol. The molecule has 19 heavy (non-hydrogen) atoms. The summed E-state index contributed by atoms with van der Waals surface area (Å²) in [7, 11) is 1.69. The molecule has 1 N–H and O–H groups in total. The Bertz CT molecular complexity index is 350. The molecule has 1 fully saturated rings. The van der Waals surface area contributed by atoms with E-state index in [4.69, 9.17) is 14.2 Å². The second-order valence-electron chi connectivity index (χ2n) is 4.60. The molecule has 5 nitrogen and oxygen atoms in total. The number of pyridine rings is 1. The zero-order valence-corrected chi connectivity index (χ0v) is 11.4. The van der Waals surface area contributed by atoms with Crippen LogP contribution in [-0.2, 0) is 16.0 Å². The summed E-state index contributed by atoms with van der Waals surface area (Å²) in [5, 5.41) is 3.25. The fourth-order valence-electron chi connectivity index (χ4n) is 1.96. The van der Waals surface area contributed by atoms with Gasteiger partial charge in [0.1, 0.15) is 12.4 Å². The number of nitrogens with zero attached hydrogens (tertiary/aromatic N) is 1. The Morgan fingerprint density at radius 2 is 2.42 bits per heavy atom. The van der Waals surface area contributed by atoms with E-state index >= 15 is 0 Å². The van der Waals surface area contributed by atoms with E-state index in [1.807, 2.05) is 12.1 Å². The molecule has 0 aliphatic carbocycles. The molecule has 1 aromatic rings. The highest BCUT2D eigenvalue weighted by Crippen LogP contribution is 2.15. The van der Waals surface area contributed by atoms with Crippen LogP contribution in [0.2, 0.25) is 0 Å². The third kappa shape index (κ3) is 5.14. The molecular formula is C14H22N2O3. The van der Waals surface area contributed by atoms with Crippen molar-refractivity contribution in [2.24, 2.45) is 0 Å². The molecule has 0 bridgehead atoms. The molecule has 1 aromatic heterocycles. The first-order valence-corrected chi connectivity index (χ1v) is 6.77. The number of aromatic nitrogens is 1. The van der Waals surface area contributed by atoms with Gasteiger partial charge in [0, 0.05) is 26.8 Å². The summed E-state index contributed by atoms with van der Waals surface area (Å²) in [6, 6.07) is 3.93. The predicted octanol–water partition coefficient (Wildman–Crippen LogP) is 1.38. The summed E-state index contributed by atoms with van der Waals surface area (Å²) in [4.78, 5) is 4.35. The van der Waals surface area contributed by atoms with Gasteiger partial charge in [-0.3, -0.25) is 4.98 Å². The Kier molecular flexibility index (Phi) is 6.07. The van der Waals surface area contributed by atoms with Gasteiger partial charge in [-0.15, -0.1) is 0 Å². The minimum Gasteiger partial charge on any atom is -0.489 e. The molecule has 2 rings (SSSR count). The third-order valence-electron chi connectivity index (χ3n) is 3.05. The van der Waals surface area contributed by atoms with Crippen molar-refractivity contribution >= 4 is 0 Å². The van der Waals surface area contributed by atoms with E-state index in [0.29, 0.717) is 13.2 Å². The number of hydrogen-bond donors (Lipinski definition) is 1. The standard InChI is InChI=1S/C14H22N2O3/c1-17-8-6-15-9-12-4-5-13(10-16-12)19-11-14-3-2-7-18-14/h4-5,10,14-15H,2-3,6-9,11H2,1H3. The van der Waals surface area contributed by atoms with Crippen molar-refractivity contribution < 1.29 is 14.2 Å². The van der Waals surface area contributed by atoms with Crippen LogP contribution in [-0.4, -0.2) is 44.6 Å². The summed E-state index contributed by atoms with van der Waals surface area (Å²) >= 11 is 0. The van der Waals surface area contributed by atoms with Crippen molar-refractivity contribution in [3.8, 4) is 5.75 Å². The lowest BCUT2D eigenvalue weighted by atomic mass is 10.2. The molecule has 1 unspecified atom stereocenters. The summed E-state index contributed by atoms with van der Waals surface area (Å²) < 4.78 is 16.1. The molecule has 0 radical (unpaired) electrons. The zero-order valence-electron chi connectivity index (χ0n) is 11.4. The molecular weight excluding hydrogens is 244 g/mol. The molecule has 106 valence electrons. The SMILES string of the molecule is COCCNCc1ccc(OCC2CCCO2)cn1. The molecule has 2 heterocycles. The maximum Gasteiger partial charge on any atom is 0.137 e. The Morgan fingerprint density at radius 1 is 1.47 bits per heavy atom. The van der Waals surface area contributed by atoms with Crippen molar-refractivity contribution in [3.63, 3.8) is 0 Å². The largest absolute Gasteiger partial charge is 0.489 e. The number of methoxy groups -OCH3 is 1. The fraction of sp³-hybridized carbons (Fsp3) is 0.643. The maximum absolute atomic E-state index is 5.66. The highest BCUT2D eigenvalue weighted by molar-refractivity contribution is 5.19. The van der Waals surface area contributed by atoms with Crippen LogP contribution in [0.15, 0.2) is 18.3 Å². The number of ether oxygens (including phenoxy) is 3. The zero-order chi connectivity index (χ0) is 13.3. The van der Waals surface area contributed by atoms with E-state index in [2.05, 4.69) is 10.3 Å². The second-order valence-corrected chi connectivity index (χ2v) is 4.60. The normalized spacial score (nSPS) is 18.7. The molecule has 1 atom stereocenters. The van der Waals surface area contributed by atoms with Gasteiger partial charge in [-0.2, -0.15) is 0 Å². The quantitative estimate of drug-likeness (QED) is 0.720. The second kappa shape index (κ2) is 8.09. The minimum absolute atomic E-state index is 0.246. The van der Waals surface area contributed by atoms with Gasteiger partial charge in [0.25, 0.3) is 0 Å². The molecule has 0 saturated carbocycles. The topological polar surface area (TPSA) is 52.6 Å². The van der Waals surface area contributed by atoms with Crippen LogP contribution < -0.4 is 10.1 Å². The Labute approximate surface area is 114 Å². The Morgan fingerprint density at radius 3 is 3.11 bits per heavy atom. The van der Waals surface area contributed by atoms with Crippen LogP contribution in [0.25, 0.3) is 0 Å². The highest BCUT2D eigenvalue weighted by Gasteiger charge is 2.15. The van der Waals surface area contributed by atoms with Crippen molar-refractivity contribution in [2.45, 2.75) is 25.5 Å². The van der Waals surface area contributed by atoms with Crippen LogP contribution in [0.4, 0.5) is 0 Å². The van der Waals surface area contributed by atoms with Crippen LogP contribution in [0.1, 0.15) is 18.5 Å². The number of nitrogens with one attached hydrogen (secondary N) is 1. The van der Waals surface area contributed by atoms with Gasteiger partial charge in [0.15, 0.2) is 0 Å². The van der Waals surface area contributed by atoms with E-state index in [1.165, 1.54) is 0 Å². The lowest BCUT2D eigenvalue weighted by Crippen LogP contribution is -2.19. The van der Waals surface area contributed by atoms with Crippen LogP contribution in [0.3, 0.4) is 0 Å². The first-order valence-electron chi connectivity index (χ1n) is 6.77. The number of hydrogen-bond acceptors (Lipinski definition) is 5. The van der Waals surface area contributed by atoms with Crippen LogP contribution >= 0.6 is 0 Å². The van der Waals surface area contributed by atoms with E-state index in [9.17, 15) is 0 Å². The Hall–Kier alpha value is -1.17. The van der Waals surface area contributed by atoms with E-state index in [0.717, 1.165) is 44.0 Å². The summed E-state index contributed by atoms with van der Waals surface area (Å²) in [6.07, 6.45) is 4.24. The van der Waals surface area contributed by atoms with Gasteiger partial charge in [0.05, 0.1) is 24.6 Å². The van der Waals surface area contributed by atoms with Crippen molar-refractivity contribution in [2.75, 3.05) is 33.5 Å². The predicted molar refractivity (Wildman–Crippen MR) is 72.3 cm³/mol. The summed E-state index contributed by atoms with van der Waals surface area (Å²) in [5.74, 6) is 0.802. The molecule has 1 saturated heterocycles. The van der Waals surface area contributed by atoms with Crippen molar-refractivity contribution in [1.82, 2.24) is 10.3 Å². The van der Waals surface area contributed by atoms with Gasteiger partial charge in [-0.25, -0.2) is 0 Å². The molecule has 0 aromatic carbocycles. The first-order chi connectivity index (χ1) is 9.38. The molecule has 1 aliphatic rings. The lowest BCUT2D eigenvalue weighted by Gasteiger charge is -2.11. The van der Waals surface area contributed by atoms with Gasteiger partial charge >= 0.3 is 0 Å².